The van der Waals surface area contributed by atoms with Crippen LogP contribution in [0.2, 0.25) is 0 Å². The van der Waals surface area contributed by atoms with Gasteiger partial charge >= 0.3 is 0 Å². The monoisotopic (exact) mass is 226 g/mol. The summed E-state index contributed by atoms with van der Waals surface area (Å²) >= 11 is 0. The third-order valence-electron chi connectivity index (χ3n) is 3.09. The molecule has 1 heterocycles. The summed E-state index contributed by atoms with van der Waals surface area (Å²) in [6, 6.07) is 11.7. The molecule has 17 heavy (non-hydrogen) atoms. The number of hydrogen-bond acceptors (Lipinski definition) is 4. The van der Waals surface area contributed by atoms with Crippen molar-refractivity contribution in [2.45, 2.75) is 18.4 Å². The van der Waals surface area contributed by atoms with Crippen LogP contribution in [0, 0.1) is 22.7 Å². The Labute approximate surface area is 101 Å². The Morgan fingerprint density at radius 1 is 1.35 bits per heavy atom. The Morgan fingerprint density at radius 3 is 2.88 bits per heavy atom. The molecule has 0 bridgehead atoms. The van der Waals surface area contributed by atoms with Crippen molar-refractivity contribution in [1.82, 2.24) is 0 Å². The second kappa shape index (κ2) is 4.45. The molecule has 0 radical (unpaired) electrons. The minimum absolute atomic E-state index is 0.526. The van der Waals surface area contributed by atoms with Gasteiger partial charge in [-0.3, -0.25) is 0 Å². The van der Waals surface area contributed by atoms with E-state index in [1.165, 1.54) is 0 Å². The van der Waals surface area contributed by atoms with Crippen LogP contribution in [0.15, 0.2) is 24.3 Å². The molecule has 1 aliphatic heterocycles. The number of anilines is 1. The van der Waals surface area contributed by atoms with Crippen LogP contribution in [-0.2, 0) is 0 Å². The Morgan fingerprint density at radius 2 is 2.18 bits per heavy atom. The number of hydrogen-bond donors (Lipinski definition) is 1. The summed E-state index contributed by atoms with van der Waals surface area (Å²) in [6.45, 7) is 1.41. The zero-order valence-corrected chi connectivity index (χ0v) is 9.56. The first-order valence-corrected chi connectivity index (χ1v) is 5.62. The summed E-state index contributed by atoms with van der Waals surface area (Å²) in [5.74, 6) is 0. The second-order valence-electron chi connectivity index (χ2n) is 4.46. The minimum Gasteiger partial charge on any atom is -0.369 e. The summed E-state index contributed by atoms with van der Waals surface area (Å²) in [4.78, 5) is 2.08. The van der Waals surface area contributed by atoms with Gasteiger partial charge in [-0.25, -0.2) is 0 Å². The molecule has 2 N–H and O–H groups in total. The second-order valence-corrected chi connectivity index (χ2v) is 4.46. The molecule has 0 aromatic heterocycles. The molecule has 1 saturated heterocycles. The predicted molar refractivity (Wildman–Crippen MR) is 65.1 cm³/mol. The summed E-state index contributed by atoms with van der Waals surface area (Å²) in [5.41, 5.74) is 6.82. The molecule has 2 rings (SSSR count). The smallest absolute Gasteiger partial charge is 0.121 e. The molecule has 86 valence electrons. The molecule has 4 nitrogen and oxygen atoms in total. The van der Waals surface area contributed by atoms with Crippen LogP contribution < -0.4 is 10.6 Å². The van der Waals surface area contributed by atoms with Gasteiger partial charge in [0.2, 0.25) is 0 Å². The van der Waals surface area contributed by atoms with Gasteiger partial charge in [-0.05, 0) is 31.0 Å². The van der Waals surface area contributed by atoms with Gasteiger partial charge in [0.25, 0.3) is 0 Å². The molecule has 4 heteroatoms. The molecule has 0 saturated carbocycles. The van der Waals surface area contributed by atoms with E-state index in [9.17, 15) is 0 Å². The third kappa shape index (κ3) is 2.38. The lowest BCUT2D eigenvalue weighted by Crippen LogP contribution is -2.53. The summed E-state index contributed by atoms with van der Waals surface area (Å²) in [6.07, 6.45) is 1.64. The molecule has 1 fully saturated rings. The zero-order chi connectivity index (χ0) is 12.3. The van der Waals surface area contributed by atoms with Gasteiger partial charge < -0.3 is 10.6 Å². The number of nitriles is 2. The maximum absolute atomic E-state index is 9.06. The van der Waals surface area contributed by atoms with Gasteiger partial charge in [-0.1, -0.05) is 6.07 Å². The average molecular weight is 226 g/mol. The van der Waals surface area contributed by atoms with Gasteiger partial charge in [0, 0.05) is 18.8 Å². The van der Waals surface area contributed by atoms with Crippen molar-refractivity contribution in [2.75, 3.05) is 18.0 Å². The van der Waals surface area contributed by atoms with Gasteiger partial charge in [-0.15, -0.1) is 0 Å². The van der Waals surface area contributed by atoms with Crippen molar-refractivity contribution in [3.8, 4) is 12.1 Å². The maximum atomic E-state index is 9.06. The van der Waals surface area contributed by atoms with E-state index < -0.39 is 5.54 Å². The van der Waals surface area contributed by atoms with E-state index in [0.29, 0.717) is 12.1 Å². The molecule has 1 aliphatic rings. The van der Waals surface area contributed by atoms with E-state index in [0.717, 1.165) is 25.1 Å². The van der Waals surface area contributed by atoms with Gasteiger partial charge in [-0.2, -0.15) is 10.5 Å². The first-order valence-electron chi connectivity index (χ1n) is 5.62. The fourth-order valence-electron chi connectivity index (χ4n) is 2.17. The minimum atomic E-state index is -0.763. The van der Waals surface area contributed by atoms with E-state index in [2.05, 4.69) is 17.0 Å². The number of rotatable bonds is 1. The van der Waals surface area contributed by atoms with Crippen molar-refractivity contribution in [3.63, 3.8) is 0 Å². The van der Waals surface area contributed by atoms with Crippen LogP contribution in [0.4, 0.5) is 5.69 Å². The Bertz CT molecular complexity index is 497. The van der Waals surface area contributed by atoms with Gasteiger partial charge in [0.1, 0.15) is 5.54 Å². The Hall–Kier alpha value is -2.04. The van der Waals surface area contributed by atoms with Gasteiger partial charge in [0.05, 0.1) is 17.7 Å². The number of nitrogens with two attached hydrogens (primary N) is 1. The Kier molecular flexibility index (Phi) is 2.99. The summed E-state index contributed by atoms with van der Waals surface area (Å²) < 4.78 is 0. The quantitative estimate of drug-likeness (QED) is 0.784. The van der Waals surface area contributed by atoms with Crippen LogP contribution in [0.25, 0.3) is 0 Å². The zero-order valence-electron chi connectivity index (χ0n) is 9.56. The van der Waals surface area contributed by atoms with Crippen molar-refractivity contribution in [2.24, 2.45) is 5.73 Å². The highest BCUT2D eigenvalue weighted by Crippen LogP contribution is 2.24. The van der Waals surface area contributed by atoms with Crippen molar-refractivity contribution >= 4 is 5.69 Å². The molecule has 1 aromatic carbocycles. The standard InChI is InChI=1S/C13H14N4/c14-8-11-3-1-4-12(7-11)17-6-2-5-13(16,9-15)10-17/h1,3-4,7H,2,5-6,10,16H2. The van der Waals surface area contributed by atoms with Crippen LogP contribution in [0.3, 0.4) is 0 Å². The van der Waals surface area contributed by atoms with E-state index in [1.807, 2.05) is 18.2 Å². The average Bonchev–Trinajstić information content (AvgIpc) is 2.39. The lowest BCUT2D eigenvalue weighted by Gasteiger charge is -2.37. The van der Waals surface area contributed by atoms with Crippen LogP contribution in [0.1, 0.15) is 18.4 Å². The van der Waals surface area contributed by atoms with Crippen LogP contribution in [-0.4, -0.2) is 18.6 Å². The van der Waals surface area contributed by atoms with Crippen molar-refractivity contribution in [3.05, 3.63) is 29.8 Å². The first kappa shape index (κ1) is 11.4. The molecule has 0 aliphatic carbocycles. The summed E-state index contributed by atoms with van der Waals surface area (Å²) in [7, 11) is 0. The molecule has 1 unspecified atom stereocenters. The van der Waals surface area contributed by atoms with Gasteiger partial charge in [0.15, 0.2) is 0 Å². The van der Waals surface area contributed by atoms with E-state index in [-0.39, 0.29) is 0 Å². The lowest BCUT2D eigenvalue weighted by atomic mass is 9.91. The van der Waals surface area contributed by atoms with E-state index in [4.69, 9.17) is 16.3 Å². The number of piperidine rings is 1. The van der Waals surface area contributed by atoms with Crippen molar-refractivity contribution < 1.29 is 0 Å². The fraction of sp³-hybridized carbons (Fsp3) is 0.385. The molecular formula is C13H14N4. The van der Waals surface area contributed by atoms with Crippen LogP contribution >= 0.6 is 0 Å². The van der Waals surface area contributed by atoms with E-state index >= 15 is 0 Å². The lowest BCUT2D eigenvalue weighted by molar-refractivity contribution is 0.424. The summed E-state index contributed by atoms with van der Waals surface area (Å²) in [5, 5.41) is 17.9. The molecule has 0 amide bonds. The maximum Gasteiger partial charge on any atom is 0.121 e. The largest absolute Gasteiger partial charge is 0.369 e. The number of nitrogens with zero attached hydrogens (tertiary/aromatic N) is 3. The SMILES string of the molecule is N#Cc1cccc(N2CCCC(N)(C#N)C2)c1. The van der Waals surface area contributed by atoms with Crippen LogP contribution in [0.5, 0.6) is 0 Å². The highest BCUT2D eigenvalue weighted by atomic mass is 15.2. The normalized spacial score (nSPS) is 23.8. The van der Waals surface area contributed by atoms with Crippen molar-refractivity contribution in [1.29, 1.82) is 10.5 Å². The fourth-order valence-corrected chi connectivity index (χ4v) is 2.17. The first-order chi connectivity index (χ1) is 8.17. The molecule has 0 spiro atoms. The predicted octanol–water partition coefficient (Wildman–Crippen LogP) is 1.38. The molecule has 1 aromatic rings. The molecule has 1 atom stereocenters. The van der Waals surface area contributed by atoms with E-state index in [1.54, 1.807) is 6.07 Å². The topological polar surface area (TPSA) is 76.8 Å². The Balaban J connectivity index is 2.23. The third-order valence-corrected chi connectivity index (χ3v) is 3.09. The highest BCUT2D eigenvalue weighted by molar-refractivity contribution is 5.52. The highest BCUT2D eigenvalue weighted by Gasteiger charge is 2.31. The number of benzene rings is 1. The molecular weight excluding hydrogens is 212 g/mol.